The lowest BCUT2D eigenvalue weighted by molar-refractivity contribution is -0.136. The Morgan fingerprint density at radius 2 is 1.59 bits per heavy atom. The van der Waals surface area contributed by atoms with Crippen LogP contribution in [0.5, 0.6) is 5.88 Å². The van der Waals surface area contributed by atoms with Crippen molar-refractivity contribution in [3.05, 3.63) is 95.1 Å². The van der Waals surface area contributed by atoms with Crippen LogP contribution in [0.15, 0.2) is 79.0 Å². The minimum atomic E-state index is -0.876. The number of aliphatic carboxylic acids is 1. The number of nitrogens with zero attached hydrogens (tertiary/aromatic N) is 3. The second-order valence-electron chi connectivity index (χ2n) is 11.4. The molecule has 0 aliphatic heterocycles. The van der Waals surface area contributed by atoms with Gasteiger partial charge in [0, 0.05) is 39.4 Å². The van der Waals surface area contributed by atoms with Crippen molar-refractivity contribution in [2.24, 2.45) is 0 Å². The first-order chi connectivity index (χ1) is 20.9. The fourth-order valence-electron chi connectivity index (χ4n) is 4.75. The molecule has 0 atom stereocenters. The highest BCUT2D eigenvalue weighted by Crippen LogP contribution is 2.41. The second-order valence-corrected chi connectivity index (χ2v) is 12.8. The molecule has 2 N–H and O–H groups in total. The molecule has 0 aliphatic carbocycles. The number of carboxylic acids is 1. The van der Waals surface area contributed by atoms with Crippen molar-refractivity contribution in [3.63, 3.8) is 0 Å². The molecule has 9 heteroatoms. The van der Waals surface area contributed by atoms with Gasteiger partial charge in [-0.1, -0.05) is 35.9 Å². The molecular weight excluding hydrogens is 594 g/mol. The first-order valence-electron chi connectivity index (χ1n) is 13.9. The number of methoxy groups -OCH3 is 1. The van der Waals surface area contributed by atoms with Crippen molar-refractivity contribution >= 4 is 50.0 Å². The molecule has 7 nitrogen and oxygen atoms in total. The van der Waals surface area contributed by atoms with E-state index in [0.29, 0.717) is 10.9 Å². The van der Waals surface area contributed by atoms with Crippen LogP contribution in [0, 0.1) is 6.92 Å². The lowest BCUT2D eigenvalue weighted by atomic mass is 9.93. The molecule has 44 heavy (non-hydrogen) atoms. The highest BCUT2D eigenvalue weighted by molar-refractivity contribution is 7.22. The maximum atomic E-state index is 11.8. The number of hydrogen-bond acceptors (Lipinski definition) is 7. The van der Waals surface area contributed by atoms with Gasteiger partial charge in [-0.15, -0.1) is 11.3 Å². The maximum Gasteiger partial charge on any atom is 0.307 e. The maximum absolute atomic E-state index is 11.8. The summed E-state index contributed by atoms with van der Waals surface area (Å²) in [6.45, 7) is 7.16. The molecule has 0 unspecified atom stereocenters. The van der Waals surface area contributed by atoms with Crippen molar-refractivity contribution in [3.8, 4) is 38.8 Å². The fraction of sp³-hybridized carbons (Fsp3) is 0.200. The molecule has 3 aromatic carbocycles. The van der Waals surface area contributed by atoms with E-state index < -0.39 is 11.6 Å². The number of pyridine rings is 2. The van der Waals surface area contributed by atoms with Crippen LogP contribution < -0.4 is 4.74 Å². The molecule has 3 aromatic heterocycles. The van der Waals surface area contributed by atoms with E-state index in [0.717, 1.165) is 65.2 Å². The van der Waals surface area contributed by atoms with Gasteiger partial charge in [0.15, 0.2) is 0 Å². The molecule has 0 fully saturated rings. The molecule has 0 saturated carbocycles. The third kappa shape index (κ3) is 7.22. The standard InChI is InChI=1S/C31H22ClN3O3S.C4H10O/c1-17-13-26-30(29(23(17)16-28(36)37)19-5-8-22(32)9-6-19)39-31(35-26)21-11-12-33-24(15-21)20-4-3-18-7-10-27(38-2)34-25(18)14-20;1-4(2,3)5/h3-15H,16H2,1-2H3,(H,36,37);5H,1-3H3. The van der Waals surface area contributed by atoms with E-state index in [-0.39, 0.29) is 6.42 Å². The van der Waals surface area contributed by atoms with E-state index in [9.17, 15) is 9.90 Å². The zero-order valence-corrected chi connectivity index (χ0v) is 26.6. The number of carbonyl (C=O) groups is 1. The summed E-state index contributed by atoms with van der Waals surface area (Å²) in [6, 6.07) is 23.3. The van der Waals surface area contributed by atoms with Crippen molar-refractivity contribution < 1.29 is 19.7 Å². The van der Waals surface area contributed by atoms with Gasteiger partial charge in [0.2, 0.25) is 5.88 Å². The van der Waals surface area contributed by atoms with Crippen molar-refractivity contribution in [2.75, 3.05) is 7.11 Å². The van der Waals surface area contributed by atoms with Gasteiger partial charge in [0.1, 0.15) is 5.01 Å². The van der Waals surface area contributed by atoms with Gasteiger partial charge in [-0.2, -0.15) is 0 Å². The van der Waals surface area contributed by atoms with Gasteiger partial charge in [-0.3, -0.25) is 9.78 Å². The SMILES string of the molecule is CC(C)(C)O.COc1ccc2ccc(-c3cc(-c4nc5cc(C)c(CC(=O)O)c(-c6ccc(Cl)cc6)c5s4)ccn3)cc2n1. The highest BCUT2D eigenvalue weighted by atomic mass is 35.5. The van der Waals surface area contributed by atoms with Crippen LogP contribution in [0.2, 0.25) is 5.02 Å². The number of benzene rings is 3. The van der Waals surface area contributed by atoms with Crippen molar-refractivity contribution in [1.82, 2.24) is 15.0 Å². The van der Waals surface area contributed by atoms with Gasteiger partial charge in [0.25, 0.3) is 0 Å². The third-order valence-corrected chi connectivity index (χ3v) is 8.04. The Labute approximate surface area is 264 Å². The van der Waals surface area contributed by atoms with E-state index in [1.165, 1.54) is 0 Å². The Bertz CT molecular complexity index is 1980. The van der Waals surface area contributed by atoms with E-state index in [1.54, 1.807) is 45.4 Å². The minimum absolute atomic E-state index is 0.0762. The largest absolute Gasteiger partial charge is 0.481 e. The molecule has 0 spiro atoms. The molecule has 0 amide bonds. The van der Waals surface area contributed by atoms with Gasteiger partial charge in [-0.05, 0) is 86.8 Å². The van der Waals surface area contributed by atoms with E-state index >= 15 is 0 Å². The average molecular weight is 626 g/mol. The number of hydrogen-bond donors (Lipinski definition) is 2. The first kappa shape index (κ1) is 31.1. The molecule has 6 aromatic rings. The Kier molecular flexibility index (Phi) is 8.97. The van der Waals surface area contributed by atoms with Crippen molar-refractivity contribution in [1.29, 1.82) is 0 Å². The van der Waals surface area contributed by atoms with Crippen LogP contribution in [-0.4, -0.2) is 43.8 Å². The van der Waals surface area contributed by atoms with Crippen LogP contribution in [0.4, 0.5) is 0 Å². The van der Waals surface area contributed by atoms with Crippen LogP contribution in [0.3, 0.4) is 0 Å². The van der Waals surface area contributed by atoms with E-state index in [1.807, 2.05) is 79.7 Å². The third-order valence-electron chi connectivity index (χ3n) is 6.65. The van der Waals surface area contributed by atoms with Gasteiger partial charge in [-0.25, -0.2) is 9.97 Å². The zero-order chi connectivity index (χ0) is 31.6. The summed E-state index contributed by atoms with van der Waals surface area (Å²) in [5.74, 6) is -0.316. The van der Waals surface area contributed by atoms with Gasteiger partial charge >= 0.3 is 5.97 Å². The summed E-state index contributed by atoms with van der Waals surface area (Å²) in [4.78, 5) is 25.9. The van der Waals surface area contributed by atoms with E-state index in [2.05, 4.69) is 9.97 Å². The predicted octanol–water partition coefficient (Wildman–Crippen LogP) is 8.62. The van der Waals surface area contributed by atoms with Crippen molar-refractivity contribution in [2.45, 2.75) is 39.7 Å². The molecule has 0 aliphatic rings. The summed E-state index contributed by atoms with van der Waals surface area (Å²) >= 11 is 7.69. The molecule has 6 rings (SSSR count). The molecular formula is C35H32ClN3O4S. The monoisotopic (exact) mass is 625 g/mol. The topological polar surface area (TPSA) is 105 Å². The predicted molar refractivity (Wildman–Crippen MR) is 179 cm³/mol. The normalized spacial score (nSPS) is 11.3. The summed E-state index contributed by atoms with van der Waals surface area (Å²) in [5, 5.41) is 20.6. The number of aryl methyl sites for hydroxylation is 1. The number of fused-ring (bicyclic) bond motifs is 2. The number of halogens is 1. The Balaban J connectivity index is 0.000000712. The summed E-state index contributed by atoms with van der Waals surface area (Å²) in [7, 11) is 1.60. The molecule has 224 valence electrons. The van der Waals surface area contributed by atoms with Gasteiger partial charge < -0.3 is 14.9 Å². The summed E-state index contributed by atoms with van der Waals surface area (Å²) in [6.07, 6.45) is 1.70. The van der Waals surface area contributed by atoms with Crippen LogP contribution >= 0.6 is 22.9 Å². The molecule has 0 radical (unpaired) electrons. The Hall–Kier alpha value is -4.37. The quantitative estimate of drug-likeness (QED) is 0.191. The molecule has 0 saturated heterocycles. The Morgan fingerprint density at radius 3 is 2.27 bits per heavy atom. The number of aromatic nitrogens is 3. The number of rotatable bonds is 6. The Morgan fingerprint density at radius 1 is 0.909 bits per heavy atom. The van der Waals surface area contributed by atoms with Crippen LogP contribution in [-0.2, 0) is 11.2 Å². The molecule has 0 bridgehead atoms. The van der Waals surface area contributed by atoms with Crippen LogP contribution in [0.1, 0.15) is 31.9 Å². The lowest BCUT2D eigenvalue weighted by Gasteiger charge is -2.13. The second kappa shape index (κ2) is 12.7. The summed E-state index contributed by atoms with van der Waals surface area (Å²) in [5.41, 5.74) is 7.29. The minimum Gasteiger partial charge on any atom is -0.481 e. The zero-order valence-electron chi connectivity index (χ0n) is 25.1. The number of thiazole rings is 1. The van der Waals surface area contributed by atoms with Crippen LogP contribution in [0.25, 0.3) is 54.1 Å². The summed E-state index contributed by atoms with van der Waals surface area (Å²) < 4.78 is 6.23. The number of carboxylic acid groups (broad SMARTS) is 1. The highest BCUT2D eigenvalue weighted by Gasteiger charge is 2.20. The fourth-order valence-corrected chi connectivity index (χ4v) is 6.01. The molecule has 3 heterocycles. The lowest BCUT2D eigenvalue weighted by Crippen LogP contribution is -2.10. The first-order valence-corrected chi connectivity index (χ1v) is 15.1. The number of ether oxygens (including phenoxy) is 1. The smallest absolute Gasteiger partial charge is 0.307 e. The average Bonchev–Trinajstić information content (AvgIpc) is 3.40. The number of aliphatic hydroxyl groups is 1. The van der Waals surface area contributed by atoms with E-state index in [4.69, 9.17) is 26.4 Å². The van der Waals surface area contributed by atoms with Gasteiger partial charge in [0.05, 0.1) is 40.6 Å².